The summed E-state index contributed by atoms with van der Waals surface area (Å²) < 4.78 is 11.1. The first kappa shape index (κ1) is 17.1. The standard InChI is InChI=1S/C17H29N3O2/c1-4-19-8-10-20(11-9-19)15(13-18)14-6-7-16(22-5-2)17(12-14)21-3/h6-7,12,15H,4-5,8-11,13,18H2,1-3H3. The van der Waals surface area contributed by atoms with Crippen molar-refractivity contribution in [3.05, 3.63) is 23.8 Å². The van der Waals surface area contributed by atoms with Gasteiger partial charge in [0.15, 0.2) is 11.5 Å². The molecule has 1 unspecified atom stereocenters. The number of rotatable bonds is 7. The summed E-state index contributed by atoms with van der Waals surface area (Å²) in [6.07, 6.45) is 0. The Bertz CT molecular complexity index is 459. The van der Waals surface area contributed by atoms with Crippen molar-refractivity contribution in [1.29, 1.82) is 0 Å². The first-order valence-electron chi connectivity index (χ1n) is 8.20. The lowest BCUT2D eigenvalue weighted by molar-refractivity contribution is 0.102. The van der Waals surface area contributed by atoms with Gasteiger partial charge in [-0.25, -0.2) is 0 Å². The molecule has 5 nitrogen and oxygen atoms in total. The smallest absolute Gasteiger partial charge is 0.161 e. The van der Waals surface area contributed by atoms with Crippen molar-refractivity contribution in [1.82, 2.24) is 9.80 Å². The van der Waals surface area contributed by atoms with Crippen molar-refractivity contribution < 1.29 is 9.47 Å². The molecule has 1 aromatic carbocycles. The normalized spacial score (nSPS) is 18.2. The van der Waals surface area contributed by atoms with Gasteiger partial charge in [0, 0.05) is 38.8 Å². The lowest BCUT2D eigenvalue weighted by Crippen LogP contribution is -2.48. The predicted molar refractivity (Wildman–Crippen MR) is 89.6 cm³/mol. The maximum atomic E-state index is 6.06. The van der Waals surface area contributed by atoms with E-state index in [0.29, 0.717) is 13.2 Å². The van der Waals surface area contributed by atoms with Gasteiger partial charge >= 0.3 is 0 Å². The summed E-state index contributed by atoms with van der Waals surface area (Å²) >= 11 is 0. The summed E-state index contributed by atoms with van der Waals surface area (Å²) in [7, 11) is 1.68. The molecule has 1 saturated heterocycles. The largest absolute Gasteiger partial charge is 0.493 e. The highest BCUT2D eigenvalue weighted by Gasteiger charge is 2.24. The molecule has 22 heavy (non-hydrogen) atoms. The average molecular weight is 307 g/mol. The number of likely N-dealkylation sites (N-methyl/N-ethyl adjacent to an activating group) is 1. The summed E-state index contributed by atoms with van der Waals surface area (Å²) in [6.45, 7) is 10.9. The van der Waals surface area contributed by atoms with Crippen LogP contribution in [0.5, 0.6) is 11.5 Å². The van der Waals surface area contributed by atoms with Crippen LogP contribution in [0.25, 0.3) is 0 Å². The van der Waals surface area contributed by atoms with Crippen LogP contribution < -0.4 is 15.2 Å². The molecular formula is C17H29N3O2. The molecule has 0 saturated carbocycles. The van der Waals surface area contributed by atoms with Crippen LogP contribution in [0, 0.1) is 0 Å². The van der Waals surface area contributed by atoms with E-state index in [1.807, 2.05) is 13.0 Å². The van der Waals surface area contributed by atoms with Gasteiger partial charge in [0.2, 0.25) is 0 Å². The fourth-order valence-electron chi connectivity index (χ4n) is 3.05. The van der Waals surface area contributed by atoms with E-state index in [1.165, 1.54) is 5.56 Å². The topological polar surface area (TPSA) is 51.0 Å². The van der Waals surface area contributed by atoms with Crippen LogP contribution in [0.15, 0.2) is 18.2 Å². The second kappa shape index (κ2) is 8.36. The monoisotopic (exact) mass is 307 g/mol. The zero-order valence-electron chi connectivity index (χ0n) is 14.0. The molecule has 1 atom stereocenters. The average Bonchev–Trinajstić information content (AvgIpc) is 2.57. The van der Waals surface area contributed by atoms with Crippen LogP contribution in [0.4, 0.5) is 0 Å². The Morgan fingerprint density at radius 3 is 2.41 bits per heavy atom. The zero-order valence-corrected chi connectivity index (χ0v) is 14.0. The SMILES string of the molecule is CCOc1ccc(C(CN)N2CCN(CC)CC2)cc1OC. The van der Waals surface area contributed by atoms with Gasteiger partial charge in [-0.2, -0.15) is 0 Å². The lowest BCUT2D eigenvalue weighted by Gasteiger charge is -2.38. The Hall–Kier alpha value is -1.30. The molecule has 1 heterocycles. The second-order valence-electron chi connectivity index (χ2n) is 5.57. The summed E-state index contributed by atoms with van der Waals surface area (Å²) in [5.74, 6) is 1.57. The highest BCUT2D eigenvalue weighted by Crippen LogP contribution is 2.32. The summed E-state index contributed by atoms with van der Waals surface area (Å²) in [6, 6.07) is 6.40. The zero-order chi connectivity index (χ0) is 15.9. The van der Waals surface area contributed by atoms with E-state index in [4.69, 9.17) is 15.2 Å². The van der Waals surface area contributed by atoms with E-state index in [1.54, 1.807) is 7.11 Å². The molecule has 0 bridgehead atoms. The van der Waals surface area contributed by atoms with Crippen molar-refractivity contribution in [2.45, 2.75) is 19.9 Å². The Morgan fingerprint density at radius 1 is 1.14 bits per heavy atom. The Morgan fingerprint density at radius 2 is 1.86 bits per heavy atom. The molecule has 124 valence electrons. The number of piperazine rings is 1. The van der Waals surface area contributed by atoms with Crippen molar-refractivity contribution in [3.63, 3.8) is 0 Å². The minimum absolute atomic E-state index is 0.239. The molecular weight excluding hydrogens is 278 g/mol. The van der Waals surface area contributed by atoms with Gasteiger partial charge < -0.3 is 20.1 Å². The van der Waals surface area contributed by atoms with Crippen molar-refractivity contribution >= 4 is 0 Å². The Kier molecular flexibility index (Phi) is 6.49. The Balaban J connectivity index is 2.13. The third kappa shape index (κ3) is 3.91. The van der Waals surface area contributed by atoms with Gasteiger partial charge in [-0.15, -0.1) is 0 Å². The molecule has 1 aliphatic rings. The van der Waals surface area contributed by atoms with Crippen molar-refractivity contribution in [2.75, 3.05) is 53.0 Å². The van der Waals surface area contributed by atoms with E-state index in [9.17, 15) is 0 Å². The number of benzene rings is 1. The number of methoxy groups -OCH3 is 1. The molecule has 0 aliphatic carbocycles. The minimum atomic E-state index is 0.239. The van der Waals surface area contributed by atoms with E-state index in [2.05, 4.69) is 28.9 Å². The van der Waals surface area contributed by atoms with Crippen LogP contribution in [0.2, 0.25) is 0 Å². The first-order chi connectivity index (χ1) is 10.7. The fourth-order valence-corrected chi connectivity index (χ4v) is 3.05. The van der Waals surface area contributed by atoms with E-state index in [0.717, 1.165) is 44.2 Å². The van der Waals surface area contributed by atoms with Gasteiger partial charge in [-0.05, 0) is 31.2 Å². The van der Waals surface area contributed by atoms with Crippen LogP contribution in [-0.4, -0.2) is 62.8 Å². The third-order valence-electron chi connectivity index (χ3n) is 4.39. The highest BCUT2D eigenvalue weighted by molar-refractivity contribution is 5.44. The van der Waals surface area contributed by atoms with Crippen LogP contribution in [-0.2, 0) is 0 Å². The minimum Gasteiger partial charge on any atom is -0.493 e. The van der Waals surface area contributed by atoms with E-state index >= 15 is 0 Å². The molecule has 0 radical (unpaired) electrons. The molecule has 0 spiro atoms. The van der Waals surface area contributed by atoms with E-state index < -0.39 is 0 Å². The van der Waals surface area contributed by atoms with Crippen LogP contribution >= 0.6 is 0 Å². The maximum Gasteiger partial charge on any atom is 0.161 e. The number of nitrogens with zero attached hydrogens (tertiary/aromatic N) is 2. The van der Waals surface area contributed by atoms with Crippen LogP contribution in [0.3, 0.4) is 0 Å². The van der Waals surface area contributed by atoms with Gasteiger partial charge in [0.1, 0.15) is 0 Å². The highest BCUT2D eigenvalue weighted by atomic mass is 16.5. The van der Waals surface area contributed by atoms with Gasteiger partial charge in [0.25, 0.3) is 0 Å². The molecule has 1 aliphatic heterocycles. The predicted octanol–water partition coefficient (Wildman–Crippen LogP) is 1.73. The fraction of sp³-hybridized carbons (Fsp3) is 0.647. The molecule has 5 heteroatoms. The molecule has 0 amide bonds. The molecule has 2 rings (SSSR count). The molecule has 1 aromatic rings. The van der Waals surface area contributed by atoms with Gasteiger partial charge in [-0.3, -0.25) is 4.90 Å². The quantitative estimate of drug-likeness (QED) is 0.831. The number of hydrogen-bond donors (Lipinski definition) is 1. The van der Waals surface area contributed by atoms with Crippen molar-refractivity contribution in [3.8, 4) is 11.5 Å². The first-order valence-corrected chi connectivity index (χ1v) is 8.20. The van der Waals surface area contributed by atoms with E-state index in [-0.39, 0.29) is 6.04 Å². The summed E-state index contributed by atoms with van der Waals surface area (Å²) in [5, 5.41) is 0. The Labute approximate surface area is 134 Å². The van der Waals surface area contributed by atoms with Crippen LogP contribution in [0.1, 0.15) is 25.5 Å². The molecule has 1 fully saturated rings. The lowest BCUT2D eigenvalue weighted by atomic mass is 10.0. The van der Waals surface area contributed by atoms with Crippen molar-refractivity contribution in [2.24, 2.45) is 5.73 Å². The summed E-state index contributed by atoms with van der Waals surface area (Å²) in [4.78, 5) is 4.95. The molecule has 2 N–H and O–H groups in total. The number of nitrogens with two attached hydrogens (primary N) is 1. The second-order valence-corrected chi connectivity index (χ2v) is 5.57. The number of ether oxygens (including phenoxy) is 2. The third-order valence-corrected chi connectivity index (χ3v) is 4.39. The van der Waals surface area contributed by atoms with Gasteiger partial charge in [0.05, 0.1) is 13.7 Å². The molecule has 0 aromatic heterocycles. The maximum absolute atomic E-state index is 6.06. The van der Waals surface area contributed by atoms with Gasteiger partial charge in [-0.1, -0.05) is 13.0 Å². The summed E-state index contributed by atoms with van der Waals surface area (Å²) in [5.41, 5.74) is 7.27. The number of hydrogen-bond acceptors (Lipinski definition) is 5.